The number of ether oxygens (including phenoxy) is 3. The van der Waals surface area contributed by atoms with Gasteiger partial charge >= 0.3 is 0 Å². The van der Waals surface area contributed by atoms with Crippen LogP contribution in [0.3, 0.4) is 0 Å². The van der Waals surface area contributed by atoms with Crippen molar-refractivity contribution in [3.8, 4) is 11.5 Å². The number of carbonyl (C=O) groups excluding carboxylic acids is 2. The van der Waals surface area contributed by atoms with E-state index in [2.05, 4.69) is 10.6 Å². The van der Waals surface area contributed by atoms with Gasteiger partial charge < -0.3 is 29.3 Å². The van der Waals surface area contributed by atoms with E-state index in [1.807, 2.05) is 12.1 Å². The van der Waals surface area contributed by atoms with Crippen LogP contribution in [-0.4, -0.2) is 33.1 Å². The molecule has 3 aromatic rings. The monoisotopic (exact) mass is 436 g/mol. The first kappa shape index (κ1) is 22.6. The summed E-state index contributed by atoms with van der Waals surface area (Å²) in [6, 6.07) is 15.3. The SMILES string of the molecule is COCc1cccc(NC(=O)/C(=C/c2ccco2)NC(=O)c2ccc(OC)c(OC)c2)c1. The van der Waals surface area contributed by atoms with Gasteiger partial charge in [-0.2, -0.15) is 0 Å². The number of nitrogens with one attached hydrogen (secondary N) is 2. The summed E-state index contributed by atoms with van der Waals surface area (Å²) < 4.78 is 20.9. The van der Waals surface area contributed by atoms with E-state index >= 15 is 0 Å². The highest BCUT2D eigenvalue weighted by atomic mass is 16.5. The fourth-order valence-electron chi connectivity index (χ4n) is 2.95. The second-order valence-electron chi connectivity index (χ2n) is 6.68. The predicted molar refractivity (Wildman–Crippen MR) is 119 cm³/mol. The van der Waals surface area contributed by atoms with Crippen LogP contribution in [0.2, 0.25) is 0 Å². The highest BCUT2D eigenvalue weighted by Crippen LogP contribution is 2.27. The second kappa shape index (κ2) is 10.8. The molecule has 1 aromatic heterocycles. The van der Waals surface area contributed by atoms with Crippen molar-refractivity contribution < 1.29 is 28.2 Å². The van der Waals surface area contributed by atoms with E-state index in [9.17, 15) is 9.59 Å². The summed E-state index contributed by atoms with van der Waals surface area (Å²) in [6.07, 6.45) is 2.93. The molecule has 166 valence electrons. The van der Waals surface area contributed by atoms with Crippen LogP contribution in [0.1, 0.15) is 21.7 Å². The number of amides is 2. The first-order chi connectivity index (χ1) is 15.5. The average molecular weight is 436 g/mol. The molecule has 0 saturated heterocycles. The third-order valence-corrected chi connectivity index (χ3v) is 4.46. The van der Waals surface area contributed by atoms with E-state index in [0.717, 1.165) is 5.56 Å². The molecule has 2 N–H and O–H groups in total. The van der Waals surface area contributed by atoms with Crippen molar-refractivity contribution >= 4 is 23.6 Å². The molecular weight excluding hydrogens is 412 g/mol. The van der Waals surface area contributed by atoms with E-state index in [0.29, 0.717) is 35.1 Å². The first-order valence-corrected chi connectivity index (χ1v) is 9.72. The van der Waals surface area contributed by atoms with Crippen molar-refractivity contribution in [2.24, 2.45) is 0 Å². The van der Waals surface area contributed by atoms with Gasteiger partial charge in [0.2, 0.25) is 0 Å². The summed E-state index contributed by atoms with van der Waals surface area (Å²) >= 11 is 0. The fraction of sp³-hybridized carbons (Fsp3) is 0.167. The van der Waals surface area contributed by atoms with Gasteiger partial charge in [0.05, 0.1) is 27.1 Å². The van der Waals surface area contributed by atoms with Crippen LogP contribution in [0.4, 0.5) is 5.69 Å². The normalized spacial score (nSPS) is 11.0. The zero-order chi connectivity index (χ0) is 22.9. The van der Waals surface area contributed by atoms with Gasteiger partial charge in [-0.05, 0) is 48.0 Å². The third-order valence-electron chi connectivity index (χ3n) is 4.46. The molecule has 0 unspecified atom stereocenters. The summed E-state index contributed by atoms with van der Waals surface area (Å²) in [6.45, 7) is 0.412. The van der Waals surface area contributed by atoms with Crippen LogP contribution in [0, 0.1) is 0 Å². The highest BCUT2D eigenvalue weighted by molar-refractivity contribution is 6.10. The molecule has 0 fully saturated rings. The molecule has 8 nitrogen and oxygen atoms in total. The van der Waals surface area contributed by atoms with Crippen molar-refractivity contribution in [2.75, 3.05) is 26.6 Å². The molecule has 0 aliphatic rings. The van der Waals surface area contributed by atoms with Gasteiger partial charge in [0.1, 0.15) is 11.5 Å². The minimum Gasteiger partial charge on any atom is -0.493 e. The lowest BCUT2D eigenvalue weighted by Gasteiger charge is -2.13. The van der Waals surface area contributed by atoms with Gasteiger partial charge in [-0.1, -0.05) is 12.1 Å². The Morgan fingerprint density at radius 1 is 0.969 bits per heavy atom. The number of rotatable bonds is 9. The fourth-order valence-corrected chi connectivity index (χ4v) is 2.95. The van der Waals surface area contributed by atoms with Crippen LogP contribution in [0.5, 0.6) is 11.5 Å². The quantitative estimate of drug-likeness (QED) is 0.495. The van der Waals surface area contributed by atoms with E-state index in [4.69, 9.17) is 18.6 Å². The van der Waals surface area contributed by atoms with E-state index in [1.165, 1.54) is 32.6 Å². The standard InChI is InChI=1S/C24H24N2O6/c1-29-15-16-6-4-7-18(12-16)25-24(28)20(14-19-8-5-11-32-19)26-23(27)17-9-10-21(30-2)22(13-17)31-3/h4-14H,15H2,1-3H3,(H,25,28)(H,26,27)/b20-14-. The number of carbonyl (C=O) groups is 2. The molecule has 1 heterocycles. The number of methoxy groups -OCH3 is 3. The Kier molecular flexibility index (Phi) is 7.66. The van der Waals surface area contributed by atoms with Crippen LogP contribution >= 0.6 is 0 Å². The van der Waals surface area contributed by atoms with Crippen molar-refractivity contribution in [3.63, 3.8) is 0 Å². The largest absolute Gasteiger partial charge is 0.493 e. The summed E-state index contributed by atoms with van der Waals surface area (Å²) in [5.41, 5.74) is 1.77. The van der Waals surface area contributed by atoms with Crippen LogP contribution in [0.15, 0.2) is 71.0 Å². The Balaban J connectivity index is 1.84. The smallest absolute Gasteiger partial charge is 0.272 e. The Hall–Kier alpha value is -4.04. The number of hydrogen-bond donors (Lipinski definition) is 2. The van der Waals surface area contributed by atoms with Gasteiger partial charge in [0.15, 0.2) is 11.5 Å². The second-order valence-corrected chi connectivity index (χ2v) is 6.68. The lowest BCUT2D eigenvalue weighted by atomic mass is 10.1. The zero-order valence-electron chi connectivity index (χ0n) is 18.0. The van der Waals surface area contributed by atoms with Crippen LogP contribution in [0.25, 0.3) is 6.08 Å². The van der Waals surface area contributed by atoms with Crippen LogP contribution in [-0.2, 0) is 16.1 Å². The molecule has 8 heteroatoms. The molecular formula is C24H24N2O6. The van der Waals surface area contributed by atoms with E-state index in [-0.39, 0.29) is 5.70 Å². The molecule has 3 rings (SSSR count). The van der Waals surface area contributed by atoms with Gasteiger partial charge in [-0.3, -0.25) is 9.59 Å². The molecule has 0 aliphatic heterocycles. The van der Waals surface area contributed by atoms with Gasteiger partial charge in [0.25, 0.3) is 11.8 Å². The molecule has 2 aromatic carbocycles. The molecule has 0 bridgehead atoms. The number of hydrogen-bond acceptors (Lipinski definition) is 6. The van der Waals surface area contributed by atoms with Crippen molar-refractivity contribution in [3.05, 3.63) is 83.4 Å². The lowest BCUT2D eigenvalue weighted by Crippen LogP contribution is -2.30. The highest BCUT2D eigenvalue weighted by Gasteiger charge is 2.17. The average Bonchev–Trinajstić information content (AvgIpc) is 3.31. The molecule has 32 heavy (non-hydrogen) atoms. The maximum atomic E-state index is 13.0. The van der Waals surface area contributed by atoms with Crippen molar-refractivity contribution in [1.29, 1.82) is 0 Å². The summed E-state index contributed by atoms with van der Waals surface area (Å²) in [5.74, 6) is 0.299. The maximum absolute atomic E-state index is 13.0. The minimum absolute atomic E-state index is 0.0110. The first-order valence-electron chi connectivity index (χ1n) is 9.72. The Morgan fingerprint density at radius 3 is 2.47 bits per heavy atom. The molecule has 2 amide bonds. The van der Waals surface area contributed by atoms with E-state index < -0.39 is 11.8 Å². The van der Waals surface area contributed by atoms with E-state index in [1.54, 1.807) is 43.5 Å². The lowest BCUT2D eigenvalue weighted by molar-refractivity contribution is -0.113. The van der Waals surface area contributed by atoms with Crippen molar-refractivity contribution in [2.45, 2.75) is 6.61 Å². The zero-order valence-corrected chi connectivity index (χ0v) is 18.0. The summed E-state index contributed by atoms with van der Waals surface area (Å²) in [5, 5.41) is 5.44. The molecule has 0 spiro atoms. The Morgan fingerprint density at radius 2 is 1.78 bits per heavy atom. The third kappa shape index (κ3) is 5.77. The van der Waals surface area contributed by atoms with Crippen molar-refractivity contribution in [1.82, 2.24) is 5.32 Å². The molecule has 0 aliphatic carbocycles. The Bertz CT molecular complexity index is 1110. The predicted octanol–water partition coefficient (Wildman–Crippen LogP) is 3.85. The molecule has 0 atom stereocenters. The molecule has 0 radical (unpaired) electrons. The summed E-state index contributed by atoms with van der Waals surface area (Å²) in [4.78, 5) is 25.9. The number of anilines is 1. The maximum Gasteiger partial charge on any atom is 0.272 e. The minimum atomic E-state index is -0.509. The summed E-state index contributed by atoms with van der Waals surface area (Å²) in [7, 11) is 4.58. The van der Waals surface area contributed by atoms with Gasteiger partial charge in [-0.15, -0.1) is 0 Å². The van der Waals surface area contributed by atoms with Gasteiger partial charge in [-0.25, -0.2) is 0 Å². The van der Waals surface area contributed by atoms with Crippen LogP contribution < -0.4 is 20.1 Å². The Labute approximate surface area is 185 Å². The number of furan rings is 1. The van der Waals surface area contributed by atoms with Gasteiger partial charge in [0, 0.05) is 24.4 Å². The topological polar surface area (TPSA) is 99.0 Å². The molecule has 0 saturated carbocycles. The number of benzene rings is 2.